The Bertz CT molecular complexity index is 772. The van der Waals surface area contributed by atoms with E-state index in [1.54, 1.807) is 30.1 Å². The molecule has 0 radical (unpaired) electrons. The van der Waals surface area contributed by atoms with Gasteiger partial charge in [-0.05, 0) is 42.7 Å². The fourth-order valence-corrected chi connectivity index (χ4v) is 2.83. The molecule has 0 aromatic heterocycles. The quantitative estimate of drug-likeness (QED) is 0.831. The first kappa shape index (κ1) is 20.0. The second kappa shape index (κ2) is 8.86. The predicted octanol–water partition coefficient (Wildman–Crippen LogP) is 4.06. The second-order valence-electron chi connectivity index (χ2n) is 6.89. The number of nitrogens with zero attached hydrogens (tertiary/aromatic N) is 1. The van der Waals surface area contributed by atoms with Gasteiger partial charge in [0.05, 0.1) is 0 Å². The normalized spacial score (nSPS) is 11.9. The predicted molar refractivity (Wildman–Crippen MR) is 105 cm³/mol. The number of carbonyl (C=O) groups excluding carboxylic acids is 2. The Hall–Kier alpha value is -2.33. The van der Waals surface area contributed by atoms with Gasteiger partial charge in [0.1, 0.15) is 6.04 Å². The number of rotatable bonds is 6. The van der Waals surface area contributed by atoms with Crippen molar-refractivity contribution in [2.75, 3.05) is 7.05 Å². The Morgan fingerprint density at radius 1 is 1.12 bits per heavy atom. The fraction of sp³-hybridized carbons (Fsp3) is 0.333. The van der Waals surface area contributed by atoms with Crippen LogP contribution >= 0.6 is 11.6 Å². The van der Waals surface area contributed by atoms with E-state index in [2.05, 4.69) is 5.32 Å². The lowest BCUT2D eigenvalue weighted by Crippen LogP contribution is -2.50. The molecule has 2 aromatic carbocycles. The summed E-state index contributed by atoms with van der Waals surface area (Å²) in [4.78, 5) is 27.0. The van der Waals surface area contributed by atoms with Crippen LogP contribution < -0.4 is 5.32 Å². The number of benzene rings is 2. The van der Waals surface area contributed by atoms with Crippen LogP contribution in [0.1, 0.15) is 35.3 Å². The van der Waals surface area contributed by atoms with Gasteiger partial charge in [0.15, 0.2) is 0 Å². The second-order valence-corrected chi connectivity index (χ2v) is 7.32. The van der Waals surface area contributed by atoms with Gasteiger partial charge in [0.2, 0.25) is 5.91 Å². The highest BCUT2D eigenvalue weighted by Gasteiger charge is 2.27. The van der Waals surface area contributed by atoms with E-state index in [9.17, 15) is 9.59 Å². The van der Waals surface area contributed by atoms with Crippen LogP contribution in [0.3, 0.4) is 0 Å². The summed E-state index contributed by atoms with van der Waals surface area (Å²) in [5.41, 5.74) is 2.55. The van der Waals surface area contributed by atoms with Crippen LogP contribution in [0.25, 0.3) is 0 Å². The van der Waals surface area contributed by atoms with Crippen molar-refractivity contribution < 1.29 is 9.59 Å². The van der Waals surface area contributed by atoms with Crippen LogP contribution in [0.15, 0.2) is 48.5 Å². The molecule has 1 unspecified atom stereocenters. The van der Waals surface area contributed by atoms with Crippen LogP contribution in [0.5, 0.6) is 0 Å². The number of carbonyl (C=O) groups is 2. The molecule has 1 atom stereocenters. The smallest absolute Gasteiger partial charge is 0.251 e. The monoisotopic (exact) mass is 372 g/mol. The third-order valence-corrected chi connectivity index (χ3v) is 4.46. The Morgan fingerprint density at radius 3 is 2.35 bits per heavy atom. The van der Waals surface area contributed by atoms with E-state index >= 15 is 0 Å². The highest BCUT2D eigenvalue weighted by atomic mass is 35.5. The Labute approximate surface area is 160 Å². The van der Waals surface area contributed by atoms with Crippen LogP contribution in [0, 0.1) is 12.8 Å². The first-order chi connectivity index (χ1) is 12.3. The number of halogens is 1. The molecule has 2 rings (SSSR count). The molecule has 2 aromatic rings. The number of nitrogens with one attached hydrogen (secondary N) is 1. The zero-order valence-electron chi connectivity index (χ0n) is 15.6. The van der Waals surface area contributed by atoms with Crippen molar-refractivity contribution in [2.24, 2.45) is 5.92 Å². The minimum atomic E-state index is -0.583. The van der Waals surface area contributed by atoms with Crippen LogP contribution in [0.2, 0.25) is 5.02 Å². The molecule has 2 amide bonds. The number of aryl methyl sites for hydroxylation is 1. The average molecular weight is 373 g/mol. The number of hydrogen-bond acceptors (Lipinski definition) is 2. The zero-order chi connectivity index (χ0) is 19.3. The summed E-state index contributed by atoms with van der Waals surface area (Å²) in [5.74, 6) is -0.375. The van der Waals surface area contributed by atoms with Gasteiger partial charge in [-0.25, -0.2) is 0 Å². The van der Waals surface area contributed by atoms with Gasteiger partial charge in [0.25, 0.3) is 5.91 Å². The molecule has 0 saturated heterocycles. The zero-order valence-corrected chi connectivity index (χ0v) is 16.4. The highest BCUT2D eigenvalue weighted by molar-refractivity contribution is 6.30. The fourth-order valence-electron chi connectivity index (χ4n) is 2.70. The van der Waals surface area contributed by atoms with Crippen LogP contribution in [-0.4, -0.2) is 29.8 Å². The van der Waals surface area contributed by atoms with Gasteiger partial charge in [-0.15, -0.1) is 0 Å². The lowest BCUT2D eigenvalue weighted by Gasteiger charge is -2.27. The van der Waals surface area contributed by atoms with Gasteiger partial charge in [-0.3, -0.25) is 9.59 Å². The summed E-state index contributed by atoms with van der Waals surface area (Å²) in [6, 6.07) is 14.1. The molecule has 1 N–H and O–H groups in total. The maximum Gasteiger partial charge on any atom is 0.251 e. The lowest BCUT2D eigenvalue weighted by molar-refractivity contribution is -0.133. The summed E-state index contributed by atoms with van der Waals surface area (Å²) >= 11 is 5.90. The summed E-state index contributed by atoms with van der Waals surface area (Å²) in [6.45, 7) is 6.24. The van der Waals surface area contributed by atoms with E-state index in [0.29, 0.717) is 17.1 Å². The third-order valence-electron chi connectivity index (χ3n) is 4.21. The van der Waals surface area contributed by atoms with Crippen molar-refractivity contribution in [1.82, 2.24) is 10.2 Å². The minimum Gasteiger partial charge on any atom is -0.340 e. The summed E-state index contributed by atoms with van der Waals surface area (Å²) in [7, 11) is 1.74. The lowest BCUT2D eigenvalue weighted by atomic mass is 10.0. The molecule has 0 bridgehead atoms. The molecule has 0 fully saturated rings. The van der Waals surface area contributed by atoms with E-state index in [4.69, 9.17) is 11.6 Å². The standard InChI is InChI=1S/C21H25ClN2O2/c1-14(2)19(23-20(25)17-7-5-6-15(3)12-17)21(26)24(4)13-16-8-10-18(22)11-9-16/h5-12,14,19H,13H2,1-4H3,(H,23,25). The molecule has 0 heterocycles. The highest BCUT2D eigenvalue weighted by Crippen LogP contribution is 2.13. The SMILES string of the molecule is Cc1cccc(C(=O)NC(C(=O)N(C)Cc2ccc(Cl)cc2)C(C)C)c1. The van der Waals surface area contributed by atoms with Crippen molar-refractivity contribution in [3.05, 3.63) is 70.2 Å². The van der Waals surface area contributed by atoms with E-state index < -0.39 is 6.04 Å². The Balaban J connectivity index is 2.08. The van der Waals surface area contributed by atoms with E-state index in [1.165, 1.54) is 0 Å². The van der Waals surface area contributed by atoms with Crippen molar-refractivity contribution >= 4 is 23.4 Å². The molecule has 0 aliphatic rings. The summed E-state index contributed by atoms with van der Waals surface area (Å²) in [5, 5.41) is 3.54. The minimum absolute atomic E-state index is 0.0241. The van der Waals surface area contributed by atoms with Gasteiger partial charge < -0.3 is 10.2 Å². The van der Waals surface area contributed by atoms with E-state index in [1.807, 2.05) is 51.1 Å². The molecule has 0 spiro atoms. The Kier molecular flexibility index (Phi) is 6.81. The van der Waals surface area contributed by atoms with Crippen LogP contribution in [0.4, 0.5) is 0 Å². The molecular weight excluding hydrogens is 348 g/mol. The maximum absolute atomic E-state index is 12.9. The van der Waals surface area contributed by atoms with Crippen molar-refractivity contribution in [1.29, 1.82) is 0 Å². The maximum atomic E-state index is 12.9. The van der Waals surface area contributed by atoms with Crippen molar-refractivity contribution in [3.63, 3.8) is 0 Å². The molecular formula is C21H25ClN2O2. The van der Waals surface area contributed by atoms with Gasteiger partial charge in [-0.1, -0.05) is 55.3 Å². The van der Waals surface area contributed by atoms with Crippen molar-refractivity contribution in [2.45, 2.75) is 33.4 Å². The van der Waals surface area contributed by atoms with E-state index in [0.717, 1.165) is 11.1 Å². The van der Waals surface area contributed by atoms with E-state index in [-0.39, 0.29) is 17.7 Å². The molecule has 5 heteroatoms. The Morgan fingerprint density at radius 2 is 1.77 bits per heavy atom. The molecule has 0 aliphatic carbocycles. The first-order valence-electron chi connectivity index (χ1n) is 8.65. The summed E-state index contributed by atoms with van der Waals surface area (Å²) < 4.78 is 0. The number of hydrogen-bond donors (Lipinski definition) is 1. The molecule has 26 heavy (non-hydrogen) atoms. The summed E-state index contributed by atoms with van der Waals surface area (Å²) in [6.07, 6.45) is 0. The average Bonchev–Trinajstić information content (AvgIpc) is 2.60. The molecule has 0 aliphatic heterocycles. The number of likely N-dealkylation sites (N-methyl/N-ethyl adjacent to an activating group) is 1. The van der Waals surface area contributed by atoms with Crippen molar-refractivity contribution in [3.8, 4) is 0 Å². The van der Waals surface area contributed by atoms with Gasteiger partial charge >= 0.3 is 0 Å². The van der Waals surface area contributed by atoms with Crippen LogP contribution in [-0.2, 0) is 11.3 Å². The van der Waals surface area contributed by atoms with Gasteiger partial charge in [-0.2, -0.15) is 0 Å². The number of amides is 2. The first-order valence-corrected chi connectivity index (χ1v) is 9.02. The third kappa shape index (κ3) is 5.33. The molecule has 0 saturated carbocycles. The molecule has 138 valence electrons. The molecule has 4 nitrogen and oxygen atoms in total. The largest absolute Gasteiger partial charge is 0.340 e. The van der Waals surface area contributed by atoms with Gasteiger partial charge in [0, 0.05) is 24.2 Å². The topological polar surface area (TPSA) is 49.4 Å².